The molecule has 2 aliphatic heterocycles. The first kappa shape index (κ1) is 36.0. The molecule has 0 bridgehead atoms. The number of hydrogen-bond acceptors (Lipinski definition) is 15. The Morgan fingerprint density at radius 1 is 0.960 bits per heavy atom. The number of anilines is 1. The highest BCUT2D eigenvalue weighted by atomic mass is 32.2. The minimum absolute atomic E-state index is 0.209. The third kappa shape index (κ3) is 6.92. The van der Waals surface area contributed by atoms with Crippen LogP contribution in [0.2, 0.25) is 0 Å². The maximum atomic E-state index is 13.5. The summed E-state index contributed by atoms with van der Waals surface area (Å²) in [6.07, 6.45) is -0.876. The number of carbonyl (C=O) groups excluding carboxylic acids is 3. The lowest BCUT2D eigenvalue weighted by Gasteiger charge is -2.21. The summed E-state index contributed by atoms with van der Waals surface area (Å²) in [5.74, 6) is -6.28. The lowest BCUT2D eigenvalue weighted by Crippen LogP contribution is -2.47. The summed E-state index contributed by atoms with van der Waals surface area (Å²) in [4.78, 5) is 52.2. The zero-order valence-corrected chi connectivity index (χ0v) is 27.5. The van der Waals surface area contributed by atoms with Crippen LogP contribution in [-0.2, 0) is 44.7 Å². The van der Waals surface area contributed by atoms with E-state index < -0.39 is 116 Å². The highest BCUT2D eigenvalue weighted by molar-refractivity contribution is 7.90. The Hall–Kier alpha value is -5.26. The number of rotatable bonds is 11. The first-order valence-corrected chi connectivity index (χ1v) is 18.4. The topological polar surface area (TPSA) is 326 Å². The highest BCUT2D eigenvalue weighted by Crippen LogP contribution is 2.45. The van der Waals surface area contributed by atoms with Gasteiger partial charge in [0.15, 0.2) is 16.2 Å². The Balaban J connectivity index is 1.79. The molecule has 6 N–H and O–H groups in total. The van der Waals surface area contributed by atoms with Crippen molar-refractivity contribution in [2.45, 2.75) is 29.1 Å². The molecule has 2 aromatic rings. The van der Waals surface area contributed by atoms with Gasteiger partial charge in [0.05, 0.1) is 26.9 Å². The molecule has 264 valence electrons. The average molecular weight is 752 g/mol. The van der Waals surface area contributed by atoms with Gasteiger partial charge < -0.3 is 29.2 Å². The summed E-state index contributed by atoms with van der Waals surface area (Å²) in [5.41, 5.74) is 2.96. The summed E-state index contributed by atoms with van der Waals surface area (Å²) < 4.78 is 105. The number of hydrogen-bond donors (Lipinski definition) is 4. The third-order valence-corrected chi connectivity index (χ3v) is 10.6. The predicted molar refractivity (Wildman–Crippen MR) is 164 cm³/mol. The molecule has 50 heavy (non-hydrogen) atoms. The smallest absolute Gasteiger partial charge is 0.363 e. The summed E-state index contributed by atoms with van der Waals surface area (Å²) in [6.45, 7) is -0.581. The highest BCUT2D eigenvalue weighted by Gasteiger charge is 2.35. The Bertz CT molecular complexity index is 2490. The van der Waals surface area contributed by atoms with Crippen LogP contribution in [-0.4, -0.2) is 80.6 Å². The van der Waals surface area contributed by atoms with Gasteiger partial charge in [-0.05, 0) is 42.3 Å². The Labute approximate surface area is 281 Å². The number of nitrogens with two attached hydrogens (primary N) is 2. The third-order valence-electron chi connectivity index (χ3n) is 7.34. The molecule has 1 aliphatic carbocycles. The average Bonchev–Trinajstić information content (AvgIpc) is 3.32. The van der Waals surface area contributed by atoms with E-state index in [0.717, 1.165) is 30.3 Å². The number of imide groups is 1. The van der Waals surface area contributed by atoms with Gasteiger partial charge in [-0.1, -0.05) is 6.07 Å². The first-order valence-electron chi connectivity index (χ1n) is 14.0. The van der Waals surface area contributed by atoms with E-state index in [0.29, 0.717) is 0 Å². The van der Waals surface area contributed by atoms with E-state index in [-0.39, 0.29) is 40.0 Å². The molecule has 0 radical (unpaired) electrons. The minimum atomic E-state index is -5.47. The van der Waals surface area contributed by atoms with Crippen LogP contribution < -0.4 is 21.2 Å². The molecule has 0 aromatic heterocycles. The molecule has 0 unspecified atom stereocenters. The van der Waals surface area contributed by atoms with E-state index in [1.165, 1.54) is 12.1 Å². The summed E-state index contributed by atoms with van der Waals surface area (Å²) in [7, 11) is -15.0. The Kier molecular flexibility index (Phi) is 9.29. The number of carboxylic acids is 1. The summed E-state index contributed by atoms with van der Waals surface area (Å²) in [5, 5.41) is 15.5. The van der Waals surface area contributed by atoms with Crippen molar-refractivity contribution in [1.29, 1.82) is 0 Å². The second-order valence-corrected chi connectivity index (χ2v) is 15.2. The van der Waals surface area contributed by atoms with Gasteiger partial charge in [0.2, 0.25) is 15.4 Å². The molecular formula is C28H23N4O15S3-. The number of aromatic carboxylic acids is 1. The van der Waals surface area contributed by atoms with Crippen LogP contribution in [0.3, 0.4) is 0 Å². The molecule has 0 spiro atoms. The largest absolute Gasteiger partial charge is 0.748 e. The maximum Gasteiger partial charge on any atom is 0.363 e. The van der Waals surface area contributed by atoms with Crippen LogP contribution >= 0.6 is 0 Å². The molecule has 1 fully saturated rings. The number of nitrogen functional groups attached to an aromatic ring is 1. The Morgan fingerprint density at radius 2 is 1.60 bits per heavy atom. The number of nitrogens with one attached hydrogen (secondary N) is 1. The maximum absolute atomic E-state index is 13.5. The number of nitrogens with zero attached hydrogens (tertiary/aromatic N) is 1. The van der Waals surface area contributed by atoms with Gasteiger partial charge in [-0.2, -0.15) is 0 Å². The van der Waals surface area contributed by atoms with Crippen LogP contribution in [0.15, 0.2) is 56.7 Å². The predicted octanol–water partition coefficient (Wildman–Crippen LogP) is -1.52. The normalized spacial score (nSPS) is 14.1. The number of fused-ring (bicyclic) bond motifs is 2. The van der Waals surface area contributed by atoms with Crippen molar-refractivity contribution in [2.24, 2.45) is 0 Å². The zero-order valence-electron chi connectivity index (χ0n) is 25.1. The van der Waals surface area contributed by atoms with Crippen molar-refractivity contribution in [3.05, 3.63) is 58.9 Å². The fraction of sp³-hybridized carbons (Fsp3) is 0.179. The van der Waals surface area contributed by atoms with Gasteiger partial charge in [-0.3, -0.25) is 15.0 Å². The first-order chi connectivity index (χ1) is 23.2. The van der Waals surface area contributed by atoms with E-state index in [1.54, 1.807) is 0 Å². The molecule has 19 nitrogen and oxygen atoms in total. The van der Waals surface area contributed by atoms with Crippen molar-refractivity contribution in [3.8, 4) is 22.5 Å². The lowest BCUT2D eigenvalue weighted by molar-refractivity contribution is -0.176. The second-order valence-electron chi connectivity index (χ2n) is 10.7. The van der Waals surface area contributed by atoms with Crippen molar-refractivity contribution in [3.63, 3.8) is 0 Å². The van der Waals surface area contributed by atoms with Crippen molar-refractivity contribution in [2.75, 3.05) is 18.0 Å². The van der Waals surface area contributed by atoms with Gasteiger partial charge in [0.25, 0.3) is 11.8 Å². The number of amides is 2. The molecule has 2 aromatic carbocycles. The van der Waals surface area contributed by atoms with E-state index in [9.17, 15) is 58.6 Å². The van der Waals surface area contributed by atoms with Gasteiger partial charge in [0, 0.05) is 47.7 Å². The monoisotopic (exact) mass is 751 g/mol. The van der Waals surface area contributed by atoms with Crippen LogP contribution in [0.25, 0.3) is 33.4 Å². The quantitative estimate of drug-likeness (QED) is 0.0445. The van der Waals surface area contributed by atoms with Gasteiger partial charge in [-0.15, -0.1) is 5.06 Å². The SMILES string of the molecule is Nc1ccc2c(-c3ccc(C(=O)ON4C(=O)CCC4=O)cc3C(=O)O)c3ccc(=[NH2+])c(S(=O)(=O)[O-])c-3oc2c1S(=O)(=O)NCCCS(=O)(=O)[O-]. The number of hydroxylamine groups is 2. The zero-order chi connectivity index (χ0) is 36.9. The molecule has 2 heterocycles. The molecule has 3 aliphatic rings. The van der Waals surface area contributed by atoms with Crippen LogP contribution in [0.4, 0.5) is 5.69 Å². The van der Waals surface area contributed by atoms with Crippen molar-refractivity contribution >= 4 is 70.7 Å². The van der Waals surface area contributed by atoms with E-state index in [1.807, 2.05) is 0 Å². The standard InChI is InChI=1S/C28H24N4O15S3/c29-18-6-4-15-22(14-3-2-13(12-17(14)27(35)36)28(37)47-32-20(33)8-9-21(32)34)16-5-7-19(30)26(50(43,44)45)24(16)46-23(15)25(18)49(41,42)31-10-1-11-48(38,39)40/h2-7,12,30-31H,1,8-11,29H2,(H,35,36)(H,38,39,40)(H,43,44,45)/p-1. The fourth-order valence-electron chi connectivity index (χ4n) is 5.21. The fourth-order valence-corrected chi connectivity index (χ4v) is 7.78. The van der Waals surface area contributed by atoms with Crippen molar-refractivity contribution in [1.82, 2.24) is 9.79 Å². The van der Waals surface area contributed by atoms with Crippen LogP contribution in [0.5, 0.6) is 0 Å². The van der Waals surface area contributed by atoms with Gasteiger partial charge >= 0.3 is 11.9 Å². The lowest BCUT2D eigenvalue weighted by atomic mass is 9.89. The molecule has 0 atom stereocenters. The summed E-state index contributed by atoms with van der Waals surface area (Å²) in [6, 6.07) is 7.39. The summed E-state index contributed by atoms with van der Waals surface area (Å²) >= 11 is 0. The molecule has 2 amide bonds. The number of benzene rings is 3. The number of carbonyl (C=O) groups is 4. The van der Waals surface area contributed by atoms with Gasteiger partial charge in [-0.25, -0.2) is 39.6 Å². The molecule has 22 heteroatoms. The van der Waals surface area contributed by atoms with E-state index >= 15 is 0 Å². The van der Waals surface area contributed by atoms with Crippen LogP contribution in [0, 0.1) is 0 Å². The molecular weight excluding hydrogens is 729 g/mol. The second kappa shape index (κ2) is 12.9. The van der Waals surface area contributed by atoms with Crippen molar-refractivity contribution < 1.29 is 73.3 Å². The number of sulfonamides is 1. The minimum Gasteiger partial charge on any atom is -0.748 e. The van der Waals surface area contributed by atoms with E-state index in [2.05, 4.69) is 4.72 Å². The van der Waals surface area contributed by atoms with E-state index in [4.69, 9.17) is 20.4 Å². The van der Waals surface area contributed by atoms with Gasteiger partial charge in [0.1, 0.15) is 15.0 Å². The number of carboxylic acid groups (broad SMARTS) is 1. The Morgan fingerprint density at radius 3 is 2.20 bits per heavy atom. The molecule has 5 rings (SSSR count). The molecule has 0 saturated carbocycles. The molecule has 1 saturated heterocycles. The van der Waals surface area contributed by atoms with Crippen LogP contribution in [0.1, 0.15) is 40.0 Å².